The molecule has 4 rings (SSSR count). The molecule has 0 saturated heterocycles. The van der Waals surface area contributed by atoms with Crippen LogP contribution in [0, 0.1) is 0 Å². The second-order valence-corrected chi connectivity index (χ2v) is 7.07. The first-order chi connectivity index (χ1) is 11.2. The van der Waals surface area contributed by atoms with Gasteiger partial charge in [0.05, 0.1) is 10.7 Å². The average molecular weight is 347 g/mol. The van der Waals surface area contributed by atoms with Gasteiger partial charge in [0.1, 0.15) is 12.4 Å². The number of fused-ring (bicyclic) bond motifs is 3. The Labute approximate surface area is 142 Å². The van der Waals surface area contributed by atoms with Crippen LogP contribution in [0.15, 0.2) is 35.1 Å². The Kier molecular flexibility index (Phi) is 3.83. The number of ether oxygens (including phenoxy) is 1. The molecule has 1 aliphatic rings. The van der Waals surface area contributed by atoms with Gasteiger partial charge in [0.25, 0.3) is 5.56 Å². The van der Waals surface area contributed by atoms with Crippen molar-refractivity contribution in [3.63, 3.8) is 0 Å². The fourth-order valence-electron chi connectivity index (χ4n) is 2.93. The first-order valence-electron chi connectivity index (χ1n) is 7.63. The first-order valence-corrected chi connectivity index (χ1v) is 8.82. The number of aromatic nitrogens is 2. The minimum Gasteiger partial charge on any atom is -0.486 e. The third-order valence-electron chi connectivity index (χ3n) is 4.03. The van der Waals surface area contributed by atoms with E-state index in [1.807, 2.05) is 12.1 Å². The van der Waals surface area contributed by atoms with E-state index in [1.54, 1.807) is 33.9 Å². The van der Waals surface area contributed by atoms with Gasteiger partial charge < -0.3 is 4.74 Å². The Morgan fingerprint density at radius 1 is 1.26 bits per heavy atom. The minimum atomic E-state index is -0.0211. The van der Waals surface area contributed by atoms with Gasteiger partial charge in [-0.2, -0.15) is 0 Å². The van der Waals surface area contributed by atoms with Crippen LogP contribution in [0.4, 0.5) is 0 Å². The zero-order valence-electron chi connectivity index (χ0n) is 12.4. The number of rotatable bonds is 3. The molecule has 3 aromatic rings. The van der Waals surface area contributed by atoms with Crippen LogP contribution in [0.3, 0.4) is 0 Å². The third-order valence-corrected chi connectivity index (χ3v) is 5.48. The summed E-state index contributed by atoms with van der Waals surface area (Å²) in [6.45, 7) is 0.234. The van der Waals surface area contributed by atoms with E-state index in [0.717, 1.165) is 29.9 Å². The predicted molar refractivity (Wildman–Crippen MR) is 91.8 cm³/mol. The van der Waals surface area contributed by atoms with Gasteiger partial charge in [0.2, 0.25) is 0 Å². The molecule has 0 spiro atoms. The molecule has 0 fully saturated rings. The van der Waals surface area contributed by atoms with E-state index in [4.69, 9.17) is 16.3 Å². The van der Waals surface area contributed by atoms with Crippen LogP contribution < -0.4 is 10.3 Å². The molecule has 1 aromatic carbocycles. The van der Waals surface area contributed by atoms with Crippen molar-refractivity contribution in [1.82, 2.24) is 9.38 Å². The largest absolute Gasteiger partial charge is 0.486 e. The molecule has 0 atom stereocenters. The summed E-state index contributed by atoms with van der Waals surface area (Å²) in [7, 11) is 0. The molecule has 23 heavy (non-hydrogen) atoms. The van der Waals surface area contributed by atoms with E-state index >= 15 is 0 Å². The van der Waals surface area contributed by atoms with Crippen LogP contribution in [0.5, 0.6) is 5.75 Å². The van der Waals surface area contributed by atoms with E-state index in [0.29, 0.717) is 16.5 Å². The highest BCUT2D eigenvalue weighted by atomic mass is 35.5. The number of thiazole rings is 1. The molecular weight excluding hydrogens is 332 g/mol. The lowest BCUT2D eigenvalue weighted by molar-refractivity contribution is 0.301. The number of hydrogen-bond acceptors (Lipinski definition) is 4. The topological polar surface area (TPSA) is 43.6 Å². The van der Waals surface area contributed by atoms with E-state index in [-0.39, 0.29) is 12.2 Å². The summed E-state index contributed by atoms with van der Waals surface area (Å²) in [6, 6.07) is 8.85. The molecule has 0 aliphatic heterocycles. The van der Waals surface area contributed by atoms with E-state index in [1.165, 1.54) is 11.3 Å². The monoisotopic (exact) mass is 346 g/mol. The number of benzene rings is 1. The summed E-state index contributed by atoms with van der Waals surface area (Å²) >= 11 is 7.70. The van der Waals surface area contributed by atoms with Crippen LogP contribution in [0.1, 0.15) is 29.1 Å². The maximum absolute atomic E-state index is 12.5. The highest BCUT2D eigenvalue weighted by Gasteiger charge is 2.18. The van der Waals surface area contributed by atoms with Gasteiger partial charge in [-0.15, -0.1) is 11.3 Å². The maximum atomic E-state index is 12.5. The summed E-state index contributed by atoms with van der Waals surface area (Å²) in [6.07, 6.45) is 4.35. The van der Waals surface area contributed by atoms with Gasteiger partial charge in [-0.3, -0.25) is 9.20 Å². The highest BCUT2D eigenvalue weighted by molar-refractivity contribution is 7.17. The van der Waals surface area contributed by atoms with Crippen molar-refractivity contribution in [3.8, 4) is 5.75 Å². The molecule has 1 aliphatic carbocycles. The molecule has 118 valence electrons. The molecule has 2 aromatic heterocycles. The van der Waals surface area contributed by atoms with Gasteiger partial charge in [0.15, 0.2) is 4.96 Å². The van der Waals surface area contributed by atoms with Crippen LogP contribution >= 0.6 is 22.9 Å². The fraction of sp³-hybridized carbons (Fsp3) is 0.294. The second kappa shape index (κ2) is 5.98. The molecule has 0 saturated carbocycles. The molecule has 0 amide bonds. The summed E-state index contributed by atoms with van der Waals surface area (Å²) in [5.74, 6) is 0.599. The lowest BCUT2D eigenvalue weighted by Crippen LogP contribution is -2.18. The Balaban J connectivity index is 1.66. The van der Waals surface area contributed by atoms with Crippen molar-refractivity contribution in [2.75, 3.05) is 0 Å². The number of para-hydroxylation sites is 1. The molecule has 4 nitrogen and oxygen atoms in total. The summed E-state index contributed by atoms with van der Waals surface area (Å²) in [5, 5.41) is 0.553. The van der Waals surface area contributed by atoms with Crippen molar-refractivity contribution in [3.05, 3.63) is 62.0 Å². The number of halogens is 1. The van der Waals surface area contributed by atoms with Gasteiger partial charge in [-0.1, -0.05) is 23.7 Å². The second-order valence-electron chi connectivity index (χ2n) is 5.60. The normalized spacial score (nSPS) is 14.0. The Morgan fingerprint density at radius 2 is 2.09 bits per heavy atom. The zero-order valence-corrected chi connectivity index (χ0v) is 14.0. The molecule has 2 heterocycles. The fourth-order valence-corrected chi connectivity index (χ4v) is 4.35. The van der Waals surface area contributed by atoms with Gasteiger partial charge >= 0.3 is 0 Å². The van der Waals surface area contributed by atoms with E-state index < -0.39 is 0 Å². The first kappa shape index (κ1) is 14.7. The highest BCUT2D eigenvalue weighted by Crippen LogP contribution is 2.28. The van der Waals surface area contributed by atoms with Crippen molar-refractivity contribution in [1.29, 1.82) is 0 Å². The number of aryl methyl sites for hydroxylation is 2. The van der Waals surface area contributed by atoms with Crippen LogP contribution in [-0.4, -0.2) is 9.38 Å². The molecule has 0 bridgehead atoms. The average Bonchev–Trinajstić information content (AvgIpc) is 2.93. The lowest BCUT2D eigenvalue weighted by atomic mass is 10.0. The summed E-state index contributed by atoms with van der Waals surface area (Å²) < 4.78 is 7.45. The van der Waals surface area contributed by atoms with E-state index in [2.05, 4.69) is 4.98 Å². The van der Waals surface area contributed by atoms with Crippen molar-refractivity contribution in [2.45, 2.75) is 32.3 Å². The quantitative estimate of drug-likeness (QED) is 0.723. The molecule has 0 radical (unpaired) electrons. The van der Waals surface area contributed by atoms with Crippen LogP contribution in [-0.2, 0) is 19.4 Å². The van der Waals surface area contributed by atoms with Crippen LogP contribution in [0.2, 0.25) is 5.02 Å². The van der Waals surface area contributed by atoms with Gasteiger partial charge in [-0.05, 0) is 37.8 Å². The Hall–Kier alpha value is -1.85. The molecule has 0 unspecified atom stereocenters. The minimum absolute atomic E-state index is 0.0211. The summed E-state index contributed by atoms with van der Waals surface area (Å²) in [4.78, 5) is 19.1. The van der Waals surface area contributed by atoms with Crippen LogP contribution in [0.25, 0.3) is 4.96 Å². The lowest BCUT2D eigenvalue weighted by Gasteiger charge is -2.10. The number of hydrogen-bond donors (Lipinski definition) is 0. The maximum Gasteiger partial charge on any atom is 0.259 e. The number of nitrogens with zero attached hydrogens (tertiary/aromatic N) is 2. The molecular formula is C17H15ClN2O2S. The zero-order chi connectivity index (χ0) is 15.8. The van der Waals surface area contributed by atoms with Crippen molar-refractivity contribution in [2.24, 2.45) is 0 Å². The van der Waals surface area contributed by atoms with E-state index in [9.17, 15) is 4.79 Å². The SMILES string of the molecule is O=c1cc(COc2ccccc2Cl)nc2sc3c(n12)CCCC3. The Bertz CT molecular complexity index is 932. The third kappa shape index (κ3) is 2.75. The van der Waals surface area contributed by atoms with Crippen molar-refractivity contribution < 1.29 is 4.74 Å². The van der Waals surface area contributed by atoms with Gasteiger partial charge in [0, 0.05) is 16.6 Å². The summed E-state index contributed by atoms with van der Waals surface area (Å²) in [5.41, 5.74) is 1.76. The molecule has 6 heteroatoms. The smallest absolute Gasteiger partial charge is 0.259 e. The van der Waals surface area contributed by atoms with Crippen molar-refractivity contribution >= 4 is 27.9 Å². The predicted octanol–water partition coefficient (Wildman–Crippen LogP) is 3.87. The standard InChI is InChI=1S/C17H15ClN2O2S/c18-12-5-1-3-7-14(12)22-10-11-9-16(21)20-13-6-2-4-8-15(13)23-17(20)19-11/h1,3,5,7,9H,2,4,6,8,10H2. The van der Waals surface area contributed by atoms with Gasteiger partial charge in [-0.25, -0.2) is 4.98 Å². The molecule has 0 N–H and O–H groups in total. The Morgan fingerprint density at radius 3 is 2.96 bits per heavy atom.